The van der Waals surface area contributed by atoms with Crippen LogP contribution >= 0.6 is 0 Å². The number of ether oxygens (including phenoxy) is 4. The van der Waals surface area contributed by atoms with Crippen LogP contribution in [0.4, 0.5) is 0 Å². The Morgan fingerprint density at radius 3 is 2.54 bits per heavy atom. The van der Waals surface area contributed by atoms with E-state index in [1.807, 2.05) is 18.2 Å². The number of esters is 1. The van der Waals surface area contributed by atoms with Gasteiger partial charge in [0.15, 0.2) is 17.3 Å². The van der Waals surface area contributed by atoms with Crippen LogP contribution in [0.1, 0.15) is 50.0 Å². The Labute approximate surface area is 163 Å². The first-order valence-corrected chi connectivity index (χ1v) is 9.12. The molecule has 7 nitrogen and oxygen atoms in total. The molecule has 0 unspecified atom stereocenters. The van der Waals surface area contributed by atoms with Gasteiger partial charge in [-0.25, -0.2) is 4.79 Å². The minimum Gasteiger partial charge on any atom is -0.493 e. The molecular weight excluding hydrogens is 362 g/mol. The summed E-state index contributed by atoms with van der Waals surface area (Å²) < 4.78 is 20.7. The molecule has 2 aromatic rings. The van der Waals surface area contributed by atoms with Crippen LogP contribution in [0.5, 0.6) is 11.5 Å². The van der Waals surface area contributed by atoms with Gasteiger partial charge in [-0.3, -0.25) is 4.79 Å². The molecule has 0 fully saturated rings. The lowest BCUT2D eigenvalue weighted by Crippen LogP contribution is -2.18. The van der Waals surface area contributed by atoms with Crippen molar-refractivity contribution in [2.45, 2.75) is 25.7 Å². The Bertz CT molecular complexity index is 885. The van der Waals surface area contributed by atoms with Crippen LogP contribution in [0.2, 0.25) is 0 Å². The van der Waals surface area contributed by atoms with Gasteiger partial charge in [0.25, 0.3) is 0 Å². The smallest absolute Gasteiger partial charge is 0.355 e. The van der Waals surface area contributed by atoms with E-state index in [-0.39, 0.29) is 18.3 Å². The summed E-state index contributed by atoms with van der Waals surface area (Å²) in [6.07, 6.45) is 1.00. The molecule has 0 saturated carbocycles. The Morgan fingerprint density at radius 2 is 1.86 bits per heavy atom. The van der Waals surface area contributed by atoms with E-state index in [1.165, 1.54) is 0 Å². The van der Waals surface area contributed by atoms with E-state index in [1.54, 1.807) is 28.3 Å². The SMILES string of the molecule is COCCOC(=O)c1[nH]c2c(c1C)C(=O)C[C@@H](c1ccc(OC)c(OC)c1)C2. The highest BCUT2D eigenvalue weighted by atomic mass is 16.6. The highest BCUT2D eigenvalue weighted by molar-refractivity contribution is 6.03. The lowest BCUT2D eigenvalue weighted by atomic mass is 9.81. The molecule has 1 heterocycles. The van der Waals surface area contributed by atoms with Crippen LogP contribution in [0.15, 0.2) is 18.2 Å². The minimum atomic E-state index is -0.473. The molecule has 0 spiro atoms. The zero-order chi connectivity index (χ0) is 20.3. The lowest BCUT2D eigenvalue weighted by Gasteiger charge is -2.23. The Hall–Kier alpha value is -2.80. The van der Waals surface area contributed by atoms with Gasteiger partial charge in [-0.2, -0.15) is 0 Å². The summed E-state index contributed by atoms with van der Waals surface area (Å²) in [5.41, 5.74) is 3.35. The molecule has 3 rings (SSSR count). The summed E-state index contributed by atoms with van der Waals surface area (Å²) in [5.74, 6) is 0.814. The van der Waals surface area contributed by atoms with Crippen LogP contribution in [0.25, 0.3) is 0 Å². The zero-order valence-corrected chi connectivity index (χ0v) is 16.6. The number of aromatic amines is 1. The van der Waals surface area contributed by atoms with Crippen molar-refractivity contribution in [3.8, 4) is 11.5 Å². The largest absolute Gasteiger partial charge is 0.493 e. The van der Waals surface area contributed by atoms with Gasteiger partial charge in [0.1, 0.15) is 12.3 Å². The molecule has 0 bridgehead atoms. The average Bonchev–Trinajstić information content (AvgIpc) is 3.04. The number of benzene rings is 1. The normalized spacial score (nSPS) is 15.9. The number of hydrogen-bond donors (Lipinski definition) is 1. The number of rotatable bonds is 7. The Morgan fingerprint density at radius 1 is 1.11 bits per heavy atom. The first-order valence-electron chi connectivity index (χ1n) is 9.12. The van der Waals surface area contributed by atoms with E-state index in [4.69, 9.17) is 18.9 Å². The fourth-order valence-corrected chi connectivity index (χ4v) is 3.67. The number of H-pyrrole nitrogens is 1. The average molecular weight is 387 g/mol. The van der Waals surface area contributed by atoms with E-state index in [2.05, 4.69) is 4.98 Å². The van der Waals surface area contributed by atoms with Crippen molar-refractivity contribution in [3.63, 3.8) is 0 Å². The second kappa shape index (κ2) is 8.48. The van der Waals surface area contributed by atoms with Crippen molar-refractivity contribution in [1.82, 2.24) is 4.98 Å². The predicted molar refractivity (Wildman–Crippen MR) is 103 cm³/mol. The molecule has 0 saturated heterocycles. The molecule has 7 heteroatoms. The first-order chi connectivity index (χ1) is 13.5. The maximum Gasteiger partial charge on any atom is 0.355 e. The van der Waals surface area contributed by atoms with E-state index in [9.17, 15) is 9.59 Å². The van der Waals surface area contributed by atoms with Gasteiger partial charge in [0, 0.05) is 24.8 Å². The van der Waals surface area contributed by atoms with Gasteiger partial charge in [0.05, 0.1) is 20.8 Å². The number of fused-ring (bicyclic) bond motifs is 1. The molecule has 1 aliphatic rings. The van der Waals surface area contributed by atoms with Gasteiger partial charge >= 0.3 is 5.97 Å². The highest BCUT2D eigenvalue weighted by Crippen LogP contribution is 2.38. The topological polar surface area (TPSA) is 86.9 Å². The zero-order valence-electron chi connectivity index (χ0n) is 16.6. The summed E-state index contributed by atoms with van der Waals surface area (Å²) in [6, 6.07) is 5.68. The predicted octanol–water partition coefficient (Wildman–Crippen LogP) is 3.06. The van der Waals surface area contributed by atoms with Crippen LogP contribution in [-0.4, -0.2) is 51.3 Å². The molecule has 0 aliphatic heterocycles. The molecular formula is C21H25NO6. The molecule has 1 aromatic carbocycles. The quantitative estimate of drug-likeness (QED) is 0.580. The highest BCUT2D eigenvalue weighted by Gasteiger charge is 2.32. The monoisotopic (exact) mass is 387 g/mol. The molecule has 1 aromatic heterocycles. The first kappa shape index (κ1) is 19.9. The molecule has 1 atom stereocenters. The summed E-state index contributed by atoms with van der Waals surface area (Å²) >= 11 is 0. The molecule has 0 amide bonds. The van der Waals surface area contributed by atoms with Crippen molar-refractivity contribution in [1.29, 1.82) is 0 Å². The third-order valence-electron chi connectivity index (χ3n) is 5.09. The number of nitrogens with one attached hydrogen (secondary N) is 1. The number of hydrogen-bond acceptors (Lipinski definition) is 6. The Kier molecular flexibility index (Phi) is 6.04. The van der Waals surface area contributed by atoms with Crippen molar-refractivity contribution >= 4 is 11.8 Å². The second-order valence-corrected chi connectivity index (χ2v) is 6.75. The number of carbonyl (C=O) groups is 2. The summed E-state index contributed by atoms with van der Waals surface area (Å²) in [7, 11) is 4.71. The second-order valence-electron chi connectivity index (χ2n) is 6.75. The molecule has 150 valence electrons. The van der Waals surface area contributed by atoms with E-state index in [0.29, 0.717) is 47.8 Å². The number of ketones is 1. The summed E-state index contributed by atoms with van der Waals surface area (Å²) in [4.78, 5) is 28.3. The van der Waals surface area contributed by atoms with Crippen molar-refractivity contribution in [2.75, 3.05) is 34.5 Å². The minimum absolute atomic E-state index is 0.00443. The maximum atomic E-state index is 12.8. The third-order valence-corrected chi connectivity index (χ3v) is 5.09. The van der Waals surface area contributed by atoms with Crippen LogP contribution in [-0.2, 0) is 15.9 Å². The van der Waals surface area contributed by atoms with E-state index in [0.717, 1.165) is 11.3 Å². The maximum absolute atomic E-state index is 12.8. The molecule has 1 N–H and O–H groups in total. The summed E-state index contributed by atoms with van der Waals surface area (Å²) in [5, 5.41) is 0. The van der Waals surface area contributed by atoms with Crippen molar-refractivity contribution in [2.24, 2.45) is 0 Å². The fourth-order valence-electron chi connectivity index (χ4n) is 3.67. The van der Waals surface area contributed by atoms with E-state index >= 15 is 0 Å². The van der Waals surface area contributed by atoms with Crippen molar-refractivity contribution in [3.05, 3.63) is 46.3 Å². The number of aromatic nitrogens is 1. The standard InChI is InChI=1S/C21H25NO6/c1-12-19-15(22-20(12)21(24)28-8-7-25-2)9-14(10-16(19)23)13-5-6-17(26-3)18(11-13)27-4/h5-6,11,14,22H,7-10H2,1-4H3/t14-/m0/s1. The number of methoxy groups -OCH3 is 3. The number of carbonyl (C=O) groups excluding carboxylic acids is 2. The van der Waals surface area contributed by atoms with E-state index < -0.39 is 5.97 Å². The summed E-state index contributed by atoms with van der Waals surface area (Å²) in [6.45, 7) is 2.27. The van der Waals surface area contributed by atoms with Gasteiger partial charge in [-0.15, -0.1) is 0 Å². The Balaban J connectivity index is 1.86. The van der Waals surface area contributed by atoms with Crippen LogP contribution in [0.3, 0.4) is 0 Å². The number of Topliss-reactive ketones (excluding diaryl/α,β-unsaturated/α-hetero) is 1. The third kappa shape index (κ3) is 3.75. The molecule has 28 heavy (non-hydrogen) atoms. The van der Waals surface area contributed by atoms with Gasteiger partial charge in [-0.1, -0.05) is 6.07 Å². The van der Waals surface area contributed by atoms with Crippen LogP contribution < -0.4 is 9.47 Å². The fraction of sp³-hybridized carbons (Fsp3) is 0.429. The lowest BCUT2D eigenvalue weighted by molar-refractivity contribution is 0.0381. The molecule has 1 aliphatic carbocycles. The van der Waals surface area contributed by atoms with Crippen LogP contribution in [0, 0.1) is 6.92 Å². The van der Waals surface area contributed by atoms with Gasteiger partial charge < -0.3 is 23.9 Å². The molecule has 0 radical (unpaired) electrons. The van der Waals surface area contributed by atoms with Gasteiger partial charge in [0.2, 0.25) is 0 Å². The van der Waals surface area contributed by atoms with Crippen molar-refractivity contribution < 1.29 is 28.5 Å². The van der Waals surface area contributed by atoms with Gasteiger partial charge in [-0.05, 0) is 42.5 Å².